The topological polar surface area (TPSA) is 75.9 Å². The summed E-state index contributed by atoms with van der Waals surface area (Å²) >= 11 is 0. The van der Waals surface area contributed by atoms with E-state index in [1.165, 1.54) is 21.9 Å². The zero-order valence-corrected chi connectivity index (χ0v) is 28.9. The monoisotopic (exact) mass is 694 g/mol. The van der Waals surface area contributed by atoms with Crippen molar-refractivity contribution >= 4 is 66.5 Å². The normalized spacial score (nSPS) is 14.5. The van der Waals surface area contributed by atoms with Crippen LogP contribution in [0.2, 0.25) is 0 Å². The largest absolute Gasteiger partial charge is 0.456 e. The van der Waals surface area contributed by atoms with E-state index in [2.05, 4.69) is 119 Å². The minimum absolute atomic E-state index is 0.457. The number of furan rings is 2. The first-order valence-electron chi connectivity index (χ1n) is 18.0. The molecule has 11 rings (SSSR count). The fourth-order valence-corrected chi connectivity index (χ4v) is 7.96. The summed E-state index contributed by atoms with van der Waals surface area (Å²) in [4.78, 5) is 14.8. The van der Waals surface area contributed by atoms with Crippen LogP contribution < -0.4 is 5.32 Å². The van der Waals surface area contributed by atoms with Crippen molar-refractivity contribution in [2.75, 3.05) is 0 Å². The van der Waals surface area contributed by atoms with Crippen LogP contribution in [0.5, 0.6) is 0 Å². The SMILES string of the molecule is c1ccc(C2=NC(c3ccc(-c4ccc(-c5cccc6oc7ccccc7c56)c5ccccc45)cc3)N=C(c3cccc4oc5ncccc5c34)N2)cc1. The van der Waals surface area contributed by atoms with E-state index >= 15 is 0 Å². The highest BCUT2D eigenvalue weighted by Crippen LogP contribution is 2.42. The molecule has 0 saturated heterocycles. The number of amidine groups is 2. The van der Waals surface area contributed by atoms with Crippen LogP contribution in [0.1, 0.15) is 22.9 Å². The highest BCUT2D eigenvalue weighted by molar-refractivity contribution is 6.23. The van der Waals surface area contributed by atoms with Crippen molar-refractivity contribution in [3.63, 3.8) is 0 Å². The first-order valence-corrected chi connectivity index (χ1v) is 18.0. The lowest BCUT2D eigenvalue weighted by molar-refractivity contribution is 0.654. The van der Waals surface area contributed by atoms with Crippen molar-refractivity contribution in [2.45, 2.75) is 6.17 Å². The van der Waals surface area contributed by atoms with Crippen LogP contribution >= 0.6 is 0 Å². The molecule has 0 bridgehead atoms. The van der Waals surface area contributed by atoms with Gasteiger partial charge in [-0.25, -0.2) is 15.0 Å². The Balaban J connectivity index is 1.01. The van der Waals surface area contributed by atoms with Gasteiger partial charge in [0.1, 0.15) is 28.4 Å². The molecule has 254 valence electrons. The van der Waals surface area contributed by atoms with Crippen LogP contribution in [-0.2, 0) is 0 Å². The van der Waals surface area contributed by atoms with E-state index in [9.17, 15) is 0 Å². The molecule has 0 amide bonds. The first-order chi connectivity index (χ1) is 26.8. The Morgan fingerprint density at radius 3 is 1.87 bits per heavy atom. The Hall–Kier alpha value is -7.31. The van der Waals surface area contributed by atoms with Gasteiger partial charge in [0.15, 0.2) is 6.17 Å². The van der Waals surface area contributed by atoms with Crippen LogP contribution in [0.25, 0.3) is 77.0 Å². The van der Waals surface area contributed by atoms with Crippen LogP contribution in [0.3, 0.4) is 0 Å². The summed E-state index contributed by atoms with van der Waals surface area (Å²) in [5.74, 6) is 1.50. The van der Waals surface area contributed by atoms with Gasteiger partial charge in [-0.15, -0.1) is 0 Å². The molecule has 0 aliphatic carbocycles. The lowest BCUT2D eigenvalue weighted by atomic mass is 9.90. The van der Waals surface area contributed by atoms with Crippen molar-refractivity contribution in [3.8, 4) is 22.3 Å². The van der Waals surface area contributed by atoms with Gasteiger partial charge in [-0.05, 0) is 68.9 Å². The maximum Gasteiger partial charge on any atom is 0.227 e. The van der Waals surface area contributed by atoms with E-state index in [0.29, 0.717) is 5.71 Å². The second-order valence-corrected chi connectivity index (χ2v) is 13.6. The fraction of sp³-hybridized carbons (Fsp3) is 0.0208. The predicted octanol–water partition coefficient (Wildman–Crippen LogP) is 11.9. The number of para-hydroxylation sites is 1. The third-order valence-corrected chi connectivity index (χ3v) is 10.5. The molecule has 10 aromatic rings. The molecule has 7 aromatic carbocycles. The molecule has 0 fully saturated rings. The molecule has 0 spiro atoms. The number of hydrogen-bond acceptors (Lipinski definition) is 6. The maximum absolute atomic E-state index is 6.25. The first kappa shape index (κ1) is 30.3. The van der Waals surface area contributed by atoms with Crippen LogP contribution in [0, 0.1) is 0 Å². The highest BCUT2D eigenvalue weighted by atomic mass is 16.3. The number of nitrogens with zero attached hydrogens (tertiary/aromatic N) is 3. The summed E-state index contributed by atoms with van der Waals surface area (Å²) in [6, 6.07) is 56.6. The van der Waals surface area contributed by atoms with Crippen molar-refractivity contribution in [1.29, 1.82) is 0 Å². The molecule has 0 radical (unpaired) electrons. The van der Waals surface area contributed by atoms with Gasteiger partial charge >= 0.3 is 0 Å². The minimum atomic E-state index is -0.457. The van der Waals surface area contributed by atoms with Crippen molar-refractivity contribution in [3.05, 3.63) is 187 Å². The molecule has 1 aliphatic heterocycles. The summed E-state index contributed by atoms with van der Waals surface area (Å²) in [7, 11) is 0. The molecular formula is C48H30N4O2. The van der Waals surface area contributed by atoms with E-state index in [1.807, 2.05) is 54.6 Å². The molecule has 4 heterocycles. The van der Waals surface area contributed by atoms with Crippen LogP contribution in [-0.4, -0.2) is 16.7 Å². The molecule has 1 aliphatic rings. The number of benzene rings is 7. The van der Waals surface area contributed by atoms with Gasteiger partial charge in [0.2, 0.25) is 5.71 Å². The van der Waals surface area contributed by atoms with Crippen molar-refractivity contribution < 1.29 is 8.83 Å². The summed E-state index contributed by atoms with van der Waals surface area (Å²) in [6.07, 6.45) is 1.29. The van der Waals surface area contributed by atoms with Crippen LogP contribution in [0.4, 0.5) is 0 Å². The zero-order chi connectivity index (χ0) is 35.6. The van der Waals surface area contributed by atoms with Crippen LogP contribution in [0.15, 0.2) is 189 Å². The van der Waals surface area contributed by atoms with Gasteiger partial charge < -0.3 is 14.2 Å². The fourth-order valence-electron chi connectivity index (χ4n) is 7.96. The number of hydrogen-bond donors (Lipinski definition) is 1. The second-order valence-electron chi connectivity index (χ2n) is 13.6. The Morgan fingerprint density at radius 2 is 1.04 bits per heavy atom. The summed E-state index contributed by atoms with van der Waals surface area (Å²) < 4.78 is 12.4. The van der Waals surface area contributed by atoms with Crippen molar-refractivity contribution in [1.82, 2.24) is 10.3 Å². The zero-order valence-electron chi connectivity index (χ0n) is 28.9. The number of nitrogens with one attached hydrogen (secondary N) is 1. The minimum Gasteiger partial charge on any atom is -0.456 e. The van der Waals surface area contributed by atoms with Crippen molar-refractivity contribution in [2.24, 2.45) is 9.98 Å². The maximum atomic E-state index is 6.25. The van der Waals surface area contributed by atoms with Gasteiger partial charge in [0, 0.05) is 38.9 Å². The van der Waals surface area contributed by atoms with E-state index in [1.54, 1.807) is 6.20 Å². The Bertz CT molecular complexity index is 3140. The molecule has 54 heavy (non-hydrogen) atoms. The second kappa shape index (κ2) is 12.1. The molecule has 0 saturated carbocycles. The number of fused-ring (bicyclic) bond motifs is 7. The average Bonchev–Trinajstić information content (AvgIpc) is 3.82. The quantitative estimate of drug-likeness (QED) is 0.195. The van der Waals surface area contributed by atoms with Gasteiger partial charge in [0.05, 0.1) is 0 Å². The molecule has 3 aromatic heterocycles. The van der Waals surface area contributed by atoms with Gasteiger partial charge in [0.25, 0.3) is 0 Å². The Kier molecular flexibility index (Phi) is 6.82. The summed E-state index contributed by atoms with van der Waals surface area (Å²) in [6.45, 7) is 0. The number of aromatic nitrogens is 1. The van der Waals surface area contributed by atoms with Gasteiger partial charge in [-0.1, -0.05) is 133 Å². The molecule has 1 N–H and O–H groups in total. The third-order valence-electron chi connectivity index (χ3n) is 10.5. The average molecular weight is 695 g/mol. The lowest BCUT2D eigenvalue weighted by Crippen LogP contribution is -2.36. The number of rotatable bonds is 5. The van der Waals surface area contributed by atoms with E-state index in [0.717, 1.165) is 77.8 Å². The Labute approximate surface area is 309 Å². The third kappa shape index (κ3) is 4.85. The Morgan fingerprint density at radius 1 is 0.407 bits per heavy atom. The van der Waals surface area contributed by atoms with E-state index in [-0.39, 0.29) is 0 Å². The number of pyridine rings is 1. The highest BCUT2D eigenvalue weighted by Gasteiger charge is 2.24. The summed E-state index contributed by atoms with van der Waals surface area (Å²) in [5.41, 5.74) is 10.7. The molecule has 6 nitrogen and oxygen atoms in total. The molecule has 1 atom stereocenters. The lowest BCUT2D eigenvalue weighted by Gasteiger charge is -2.23. The molecule has 6 heteroatoms. The van der Waals surface area contributed by atoms with E-state index in [4.69, 9.17) is 18.8 Å². The molecule has 1 unspecified atom stereocenters. The predicted molar refractivity (Wildman–Crippen MR) is 219 cm³/mol. The van der Waals surface area contributed by atoms with Gasteiger partial charge in [-0.2, -0.15) is 0 Å². The molecular weight excluding hydrogens is 665 g/mol. The smallest absolute Gasteiger partial charge is 0.227 e. The standard InChI is InChI=1S/C48H30N4O2/c1-2-11-30(12-3-1)45-50-46(52-47(51-45)38-17-9-21-42-44(38)39-18-10-28-49-48(39)54-42)31-24-22-29(23-25-31)32-26-27-35(34-14-5-4-13-33(32)34)36-16-8-20-41-43(36)37-15-6-7-19-40(37)53-41/h1-28,46H,(H,50,51,52). The summed E-state index contributed by atoms with van der Waals surface area (Å²) in [5, 5.41) is 10.1. The van der Waals surface area contributed by atoms with E-state index < -0.39 is 6.17 Å². The number of aliphatic imine (C=N–C) groups is 2. The van der Waals surface area contributed by atoms with Gasteiger partial charge in [-0.3, -0.25) is 0 Å².